The van der Waals surface area contributed by atoms with Crippen molar-refractivity contribution in [2.45, 2.75) is 26.8 Å². The number of thioether (sulfide) groups is 1. The lowest BCUT2D eigenvalue weighted by molar-refractivity contribution is -0.140. The molecule has 7 nitrogen and oxygen atoms in total. The van der Waals surface area contributed by atoms with Crippen molar-refractivity contribution in [1.29, 1.82) is 5.26 Å². The molecule has 0 aliphatic rings. The molecule has 0 saturated heterocycles. The molecule has 0 spiro atoms. The van der Waals surface area contributed by atoms with Gasteiger partial charge in [-0.1, -0.05) is 13.0 Å². The quantitative estimate of drug-likeness (QED) is 0.256. The van der Waals surface area contributed by atoms with Crippen LogP contribution in [0.2, 0.25) is 0 Å². The summed E-state index contributed by atoms with van der Waals surface area (Å²) in [6.45, 7) is 5.91. The second-order valence-corrected chi connectivity index (χ2v) is 5.88. The molecular formula is C18H25N3O4S. The van der Waals surface area contributed by atoms with E-state index in [1.165, 1.54) is 11.8 Å². The van der Waals surface area contributed by atoms with Crippen LogP contribution in [0, 0.1) is 11.3 Å². The van der Waals surface area contributed by atoms with Gasteiger partial charge in [0.05, 0.1) is 18.2 Å². The topological polar surface area (TPSA) is 93.5 Å². The van der Waals surface area contributed by atoms with Crippen molar-refractivity contribution < 1.29 is 19.0 Å². The first-order valence-electron chi connectivity index (χ1n) is 8.41. The second-order valence-electron chi connectivity index (χ2n) is 5.06. The standard InChI is InChI=1S/C18H25N3O4S/c1-4-8-24-16-7-6-14(12-20-16)13-21-17(26-3)15(11-19)18(22)25-10-9-23-5-2/h6-7,12,21H,4-5,8-10,13H2,1-3H3/b17-15-. The van der Waals surface area contributed by atoms with Crippen LogP contribution < -0.4 is 10.1 Å². The molecule has 0 unspecified atom stereocenters. The summed E-state index contributed by atoms with van der Waals surface area (Å²) in [5.41, 5.74) is 0.854. The third-order valence-electron chi connectivity index (χ3n) is 3.12. The molecule has 1 aromatic heterocycles. The average molecular weight is 379 g/mol. The van der Waals surface area contributed by atoms with Gasteiger partial charge in [0.25, 0.3) is 0 Å². The van der Waals surface area contributed by atoms with Crippen LogP contribution in [0.3, 0.4) is 0 Å². The summed E-state index contributed by atoms with van der Waals surface area (Å²) in [6.07, 6.45) is 4.40. The van der Waals surface area contributed by atoms with E-state index in [4.69, 9.17) is 14.2 Å². The van der Waals surface area contributed by atoms with Crippen molar-refractivity contribution >= 4 is 17.7 Å². The van der Waals surface area contributed by atoms with E-state index >= 15 is 0 Å². The maximum absolute atomic E-state index is 12.1. The van der Waals surface area contributed by atoms with Crippen LogP contribution in [-0.2, 0) is 20.8 Å². The molecule has 0 bridgehead atoms. The fourth-order valence-electron chi connectivity index (χ4n) is 1.85. The monoisotopic (exact) mass is 379 g/mol. The minimum absolute atomic E-state index is 0.0511. The number of nitrogens with one attached hydrogen (secondary N) is 1. The van der Waals surface area contributed by atoms with E-state index in [2.05, 4.69) is 10.3 Å². The summed E-state index contributed by atoms with van der Waals surface area (Å²) in [5.74, 6) is -0.0858. The Balaban J connectivity index is 2.65. The Labute approximate surface area is 158 Å². The average Bonchev–Trinajstić information content (AvgIpc) is 2.67. The summed E-state index contributed by atoms with van der Waals surface area (Å²) in [5, 5.41) is 12.8. The molecule has 0 radical (unpaired) electrons. The minimum Gasteiger partial charge on any atom is -0.478 e. The molecule has 0 atom stereocenters. The number of nitriles is 1. The Bertz CT molecular complexity index is 626. The lowest BCUT2D eigenvalue weighted by Crippen LogP contribution is -2.19. The van der Waals surface area contributed by atoms with Crippen LogP contribution in [0.4, 0.5) is 0 Å². The zero-order valence-electron chi connectivity index (χ0n) is 15.4. The Morgan fingerprint density at radius 2 is 2.12 bits per heavy atom. The maximum atomic E-state index is 12.1. The van der Waals surface area contributed by atoms with E-state index in [-0.39, 0.29) is 12.2 Å². The third-order valence-corrected chi connectivity index (χ3v) is 3.87. The Morgan fingerprint density at radius 3 is 2.69 bits per heavy atom. The van der Waals surface area contributed by atoms with E-state index in [1.807, 2.05) is 26.0 Å². The van der Waals surface area contributed by atoms with Crippen LogP contribution in [0.1, 0.15) is 25.8 Å². The van der Waals surface area contributed by atoms with Gasteiger partial charge in [-0.3, -0.25) is 0 Å². The van der Waals surface area contributed by atoms with Crippen molar-refractivity contribution in [2.75, 3.05) is 32.7 Å². The summed E-state index contributed by atoms with van der Waals surface area (Å²) in [6, 6.07) is 5.59. The number of hydrogen-bond acceptors (Lipinski definition) is 8. The van der Waals surface area contributed by atoms with E-state index in [0.29, 0.717) is 37.3 Å². The van der Waals surface area contributed by atoms with Gasteiger partial charge < -0.3 is 19.5 Å². The van der Waals surface area contributed by atoms with Crippen LogP contribution in [0.15, 0.2) is 28.9 Å². The van der Waals surface area contributed by atoms with E-state index in [1.54, 1.807) is 18.5 Å². The van der Waals surface area contributed by atoms with Crippen molar-refractivity contribution in [1.82, 2.24) is 10.3 Å². The van der Waals surface area contributed by atoms with E-state index in [9.17, 15) is 10.1 Å². The molecule has 1 N–H and O–H groups in total. The number of carbonyl (C=O) groups excluding carboxylic acids is 1. The molecule has 142 valence electrons. The lowest BCUT2D eigenvalue weighted by atomic mass is 10.2. The van der Waals surface area contributed by atoms with Gasteiger partial charge in [-0.25, -0.2) is 9.78 Å². The first-order chi connectivity index (χ1) is 12.7. The first kappa shape index (κ1) is 21.8. The molecule has 0 aliphatic heterocycles. The highest BCUT2D eigenvalue weighted by molar-refractivity contribution is 8.02. The third kappa shape index (κ3) is 7.76. The minimum atomic E-state index is -0.662. The normalized spacial score (nSPS) is 11.3. The van der Waals surface area contributed by atoms with Crippen molar-refractivity contribution in [2.24, 2.45) is 0 Å². The number of hydrogen-bond donors (Lipinski definition) is 1. The number of rotatable bonds is 12. The van der Waals surface area contributed by atoms with Crippen LogP contribution in [0.5, 0.6) is 5.88 Å². The summed E-state index contributed by atoms with van der Waals surface area (Å²) >= 11 is 1.28. The number of ether oxygens (including phenoxy) is 3. The number of pyridine rings is 1. The van der Waals surface area contributed by atoms with Crippen LogP contribution in [0.25, 0.3) is 0 Å². The smallest absolute Gasteiger partial charge is 0.351 e. The number of nitrogens with zero attached hydrogens (tertiary/aromatic N) is 2. The molecule has 0 saturated carbocycles. The summed E-state index contributed by atoms with van der Waals surface area (Å²) < 4.78 is 15.6. The molecule has 8 heteroatoms. The predicted octanol–water partition coefficient (Wildman–Crippen LogP) is 2.64. The Morgan fingerprint density at radius 1 is 1.31 bits per heavy atom. The SMILES string of the molecule is CCCOc1ccc(CN/C(SC)=C(\C#N)C(=O)OCCOCC)cn1. The molecular weight excluding hydrogens is 354 g/mol. The van der Waals surface area contributed by atoms with Crippen LogP contribution >= 0.6 is 11.8 Å². The Kier molecular flexibility index (Phi) is 10.9. The van der Waals surface area contributed by atoms with E-state index in [0.717, 1.165) is 12.0 Å². The predicted molar refractivity (Wildman–Crippen MR) is 100 cm³/mol. The van der Waals surface area contributed by atoms with Gasteiger partial charge in [-0.05, 0) is 25.2 Å². The number of aromatic nitrogens is 1. The zero-order valence-corrected chi connectivity index (χ0v) is 16.2. The van der Waals surface area contributed by atoms with Gasteiger partial charge in [0.15, 0.2) is 5.57 Å². The second kappa shape index (κ2) is 13.0. The van der Waals surface area contributed by atoms with Crippen molar-refractivity contribution in [3.63, 3.8) is 0 Å². The fourth-order valence-corrected chi connectivity index (χ4v) is 2.40. The summed E-state index contributed by atoms with van der Waals surface area (Å²) in [7, 11) is 0. The van der Waals surface area contributed by atoms with Crippen molar-refractivity contribution in [3.05, 3.63) is 34.5 Å². The largest absolute Gasteiger partial charge is 0.478 e. The molecule has 0 aliphatic carbocycles. The molecule has 0 fully saturated rings. The Hall–Kier alpha value is -2.24. The molecule has 0 aromatic carbocycles. The number of esters is 1. The first-order valence-corrected chi connectivity index (χ1v) is 9.63. The van der Waals surface area contributed by atoms with Gasteiger partial charge >= 0.3 is 5.97 Å². The van der Waals surface area contributed by atoms with E-state index < -0.39 is 5.97 Å². The zero-order chi connectivity index (χ0) is 19.2. The highest BCUT2D eigenvalue weighted by Gasteiger charge is 2.16. The summed E-state index contributed by atoms with van der Waals surface area (Å²) in [4.78, 5) is 16.3. The molecule has 26 heavy (non-hydrogen) atoms. The number of carbonyl (C=O) groups is 1. The molecule has 1 aromatic rings. The highest BCUT2D eigenvalue weighted by Crippen LogP contribution is 2.16. The van der Waals surface area contributed by atoms with Gasteiger partial charge in [-0.15, -0.1) is 11.8 Å². The maximum Gasteiger partial charge on any atom is 0.351 e. The van der Waals surface area contributed by atoms with Gasteiger partial charge in [0, 0.05) is 25.4 Å². The van der Waals surface area contributed by atoms with Crippen molar-refractivity contribution in [3.8, 4) is 11.9 Å². The van der Waals surface area contributed by atoms with Gasteiger partial charge in [0.2, 0.25) is 5.88 Å². The molecule has 1 rings (SSSR count). The molecule has 1 heterocycles. The van der Waals surface area contributed by atoms with Gasteiger partial charge in [-0.2, -0.15) is 5.26 Å². The fraction of sp³-hybridized carbons (Fsp3) is 0.500. The lowest BCUT2D eigenvalue weighted by Gasteiger charge is -2.11. The molecule has 0 amide bonds. The van der Waals surface area contributed by atoms with Crippen LogP contribution in [-0.4, -0.2) is 43.6 Å². The highest BCUT2D eigenvalue weighted by atomic mass is 32.2. The van der Waals surface area contributed by atoms with Gasteiger partial charge in [0.1, 0.15) is 12.7 Å².